The molecule has 0 atom stereocenters. The molecule has 1 saturated carbocycles. The van der Waals surface area contributed by atoms with Crippen molar-refractivity contribution in [2.75, 3.05) is 16.5 Å². The van der Waals surface area contributed by atoms with Crippen LogP contribution in [-0.4, -0.2) is 16.2 Å². The molecular formula is C44H39FN4O. The first kappa shape index (κ1) is 30.4. The molecule has 0 radical (unpaired) electrons. The molecule has 0 unspecified atom stereocenters. The second-order valence-corrected chi connectivity index (χ2v) is 13.6. The summed E-state index contributed by atoms with van der Waals surface area (Å²) in [5.41, 5.74) is 8.81. The molecule has 0 saturated heterocycles. The molecule has 0 bridgehead atoms. The number of nitrogens with zero attached hydrogens (tertiary/aromatic N) is 4. The fraction of sp³-hybridized carbons (Fsp3) is 0.205. The molecular weight excluding hydrogens is 620 g/mol. The van der Waals surface area contributed by atoms with Crippen molar-refractivity contribution in [2.24, 2.45) is 0 Å². The van der Waals surface area contributed by atoms with E-state index in [9.17, 15) is 4.39 Å². The maximum absolute atomic E-state index is 14.4. The van der Waals surface area contributed by atoms with E-state index in [4.69, 9.17) is 9.72 Å². The van der Waals surface area contributed by atoms with Crippen LogP contribution in [0.15, 0.2) is 128 Å². The van der Waals surface area contributed by atoms with Gasteiger partial charge in [-0.1, -0.05) is 62.6 Å². The summed E-state index contributed by atoms with van der Waals surface area (Å²) in [5, 5.41) is 2.36. The highest BCUT2D eigenvalue weighted by atomic mass is 19.1. The smallest absolute Gasteiger partial charge is 0.137 e. The lowest BCUT2D eigenvalue weighted by Gasteiger charge is -2.26. The van der Waals surface area contributed by atoms with Gasteiger partial charge in [-0.25, -0.2) is 9.37 Å². The molecule has 6 heteroatoms. The summed E-state index contributed by atoms with van der Waals surface area (Å²) in [6.07, 6.45) is 9.02. The van der Waals surface area contributed by atoms with Crippen LogP contribution in [0.5, 0.6) is 11.5 Å². The average Bonchev–Trinajstić information content (AvgIpc) is 3.71. The Hall–Kier alpha value is -5.62. The van der Waals surface area contributed by atoms with Crippen molar-refractivity contribution in [3.63, 3.8) is 0 Å². The molecule has 5 aromatic carbocycles. The number of hydrogen-bond donors (Lipinski definition) is 0. The van der Waals surface area contributed by atoms with E-state index in [-0.39, 0.29) is 5.82 Å². The molecule has 3 heterocycles. The van der Waals surface area contributed by atoms with Crippen molar-refractivity contribution >= 4 is 44.6 Å². The van der Waals surface area contributed by atoms with E-state index >= 15 is 0 Å². The zero-order valence-electron chi connectivity index (χ0n) is 28.2. The van der Waals surface area contributed by atoms with Gasteiger partial charge in [0.2, 0.25) is 0 Å². The summed E-state index contributed by atoms with van der Waals surface area (Å²) in [7, 11) is 0. The number of aryl methyl sites for hydroxylation is 1. The molecule has 2 aromatic heterocycles. The molecule has 248 valence electrons. The molecule has 7 aromatic rings. The number of anilines is 4. The van der Waals surface area contributed by atoms with E-state index in [1.165, 1.54) is 60.1 Å². The topological polar surface area (TPSA) is 33.5 Å². The SMILES string of the molecule is CCc1ccnc(-n2c3ccccc3c3ccc(Oc4cc(C5CCCCC5)cc(N5CN(c6cccc(F)c6)c6ccccc65)c4)cc32)c1. The third-order valence-corrected chi connectivity index (χ3v) is 10.5. The van der Waals surface area contributed by atoms with Crippen molar-refractivity contribution < 1.29 is 9.13 Å². The molecule has 1 aliphatic carbocycles. The number of para-hydroxylation sites is 3. The van der Waals surface area contributed by atoms with Crippen molar-refractivity contribution in [1.82, 2.24) is 9.55 Å². The third-order valence-electron chi connectivity index (χ3n) is 10.5. The zero-order chi connectivity index (χ0) is 33.6. The van der Waals surface area contributed by atoms with Gasteiger partial charge in [-0.15, -0.1) is 0 Å². The predicted molar refractivity (Wildman–Crippen MR) is 202 cm³/mol. The van der Waals surface area contributed by atoms with Gasteiger partial charge in [0.15, 0.2) is 0 Å². The molecule has 0 spiro atoms. The lowest BCUT2D eigenvalue weighted by Crippen LogP contribution is -2.24. The first-order valence-electron chi connectivity index (χ1n) is 17.8. The maximum Gasteiger partial charge on any atom is 0.137 e. The lowest BCUT2D eigenvalue weighted by atomic mass is 9.84. The first-order chi connectivity index (χ1) is 24.6. The van der Waals surface area contributed by atoms with Gasteiger partial charge in [-0.05, 0) is 109 Å². The van der Waals surface area contributed by atoms with Crippen LogP contribution >= 0.6 is 0 Å². The number of fused-ring (bicyclic) bond motifs is 4. The van der Waals surface area contributed by atoms with Crippen LogP contribution in [0.1, 0.15) is 56.1 Å². The molecule has 50 heavy (non-hydrogen) atoms. The van der Waals surface area contributed by atoms with E-state index in [2.05, 4.69) is 112 Å². The van der Waals surface area contributed by atoms with Crippen LogP contribution in [0.4, 0.5) is 27.1 Å². The van der Waals surface area contributed by atoms with Gasteiger partial charge in [0.05, 0.1) is 22.4 Å². The quantitative estimate of drug-likeness (QED) is 0.171. The van der Waals surface area contributed by atoms with Gasteiger partial charge in [0, 0.05) is 40.5 Å². The summed E-state index contributed by atoms with van der Waals surface area (Å²) < 4.78 is 23.5. The van der Waals surface area contributed by atoms with Crippen molar-refractivity contribution in [3.05, 3.63) is 144 Å². The summed E-state index contributed by atoms with van der Waals surface area (Å²) in [6.45, 7) is 2.75. The van der Waals surface area contributed by atoms with Crippen LogP contribution in [-0.2, 0) is 6.42 Å². The Bertz CT molecular complexity index is 2360. The van der Waals surface area contributed by atoms with E-state index in [0.29, 0.717) is 12.6 Å². The average molecular weight is 659 g/mol. The Morgan fingerprint density at radius 2 is 1.46 bits per heavy atom. The molecule has 1 fully saturated rings. The molecule has 0 amide bonds. The molecule has 1 aliphatic heterocycles. The first-order valence-corrected chi connectivity index (χ1v) is 17.8. The number of rotatable bonds is 7. The molecule has 9 rings (SSSR count). The Kier molecular flexibility index (Phi) is 7.72. The number of ether oxygens (including phenoxy) is 1. The second-order valence-electron chi connectivity index (χ2n) is 13.6. The van der Waals surface area contributed by atoms with Gasteiger partial charge < -0.3 is 14.5 Å². The summed E-state index contributed by atoms with van der Waals surface area (Å²) in [4.78, 5) is 9.31. The van der Waals surface area contributed by atoms with Crippen molar-refractivity contribution in [2.45, 2.75) is 51.4 Å². The van der Waals surface area contributed by atoms with Crippen LogP contribution in [0.3, 0.4) is 0 Å². The zero-order valence-corrected chi connectivity index (χ0v) is 28.2. The van der Waals surface area contributed by atoms with Gasteiger partial charge >= 0.3 is 0 Å². The lowest BCUT2D eigenvalue weighted by molar-refractivity contribution is 0.439. The number of hydrogen-bond acceptors (Lipinski definition) is 4. The van der Waals surface area contributed by atoms with E-state index in [1.54, 1.807) is 12.1 Å². The monoisotopic (exact) mass is 658 g/mol. The standard InChI is InChI=1S/C44H39FN4O/c1-2-30-21-22-46-44(23-30)49-40-16-7-6-15-38(40)39-20-19-36(28-43(39)49)50-37-25-32(31-11-4-3-5-12-31)24-35(27-37)48-29-47(34-14-10-13-33(45)26-34)41-17-8-9-18-42(41)48/h6-10,13-28,31H,2-5,11-12,29H2,1H3. The van der Waals surface area contributed by atoms with E-state index in [0.717, 1.165) is 57.5 Å². The Morgan fingerprint density at radius 1 is 0.680 bits per heavy atom. The minimum atomic E-state index is -0.238. The minimum Gasteiger partial charge on any atom is -0.457 e. The van der Waals surface area contributed by atoms with Crippen LogP contribution in [0, 0.1) is 5.82 Å². The summed E-state index contributed by atoms with van der Waals surface area (Å²) >= 11 is 0. The number of aromatic nitrogens is 2. The highest BCUT2D eigenvalue weighted by Crippen LogP contribution is 2.47. The molecule has 2 aliphatic rings. The molecule has 5 nitrogen and oxygen atoms in total. The fourth-order valence-corrected chi connectivity index (χ4v) is 7.99. The largest absolute Gasteiger partial charge is 0.457 e. The normalized spacial score (nSPS) is 14.8. The van der Waals surface area contributed by atoms with Gasteiger partial charge in [-0.2, -0.15) is 0 Å². The minimum absolute atomic E-state index is 0.238. The van der Waals surface area contributed by atoms with E-state index in [1.807, 2.05) is 18.3 Å². The second kappa shape index (κ2) is 12.7. The van der Waals surface area contributed by atoms with Gasteiger partial charge in [-0.3, -0.25) is 4.57 Å². The fourth-order valence-electron chi connectivity index (χ4n) is 7.99. The van der Waals surface area contributed by atoms with E-state index < -0.39 is 0 Å². The Morgan fingerprint density at radius 3 is 2.28 bits per heavy atom. The number of pyridine rings is 1. The van der Waals surface area contributed by atoms with Gasteiger partial charge in [0.1, 0.15) is 29.8 Å². The highest BCUT2D eigenvalue weighted by molar-refractivity contribution is 6.09. The Labute approximate surface area is 292 Å². The van der Waals surface area contributed by atoms with Gasteiger partial charge in [0.25, 0.3) is 0 Å². The van der Waals surface area contributed by atoms with Crippen LogP contribution < -0.4 is 14.5 Å². The Balaban J connectivity index is 1.14. The number of benzene rings is 5. The number of halogens is 1. The maximum atomic E-state index is 14.4. The summed E-state index contributed by atoms with van der Waals surface area (Å²) in [6, 6.07) is 41.2. The predicted octanol–water partition coefficient (Wildman–Crippen LogP) is 12.0. The van der Waals surface area contributed by atoms with Crippen molar-refractivity contribution in [3.8, 4) is 17.3 Å². The van der Waals surface area contributed by atoms with Crippen molar-refractivity contribution in [1.29, 1.82) is 0 Å². The van der Waals surface area contributed by atoms with Crippen LogP contribution in [0.2, 0.25) is 0 Å². The molecule has 0 N–H and O–H groups in total. The third kappa shape index (κ3) is 5.45. The highest BCUT2D eigenvalue weighted by Gasteiger charge is 2.29. The summed E-state index contributed by atoms with van der Waals surface area (Å²) in [5.74, 6) is 2.76. The van der Waals surface area contributed by atoms with Crippen LogP contribution in [0.25, 0.3) is 27.6 Å².